The average Bonchev–Trinajstić information content (AvgIpc) is 2.24. The van der Waals surface area contributed by atoms with E-state index < -0.39 is 10.0 Å². The highest BCUT2D eigenvalue weighted by atomic mass is 32.2. The van der Waals surface area contributed by atoms with Crippen LogP contribution in [0.15, 0.2) is 17.0 Å². The maximum atomic E-state index is 11.7. The molecule has 0 unspecified atom stereocenters. The minimum absolute atomic E-state index is 0.170. The van der Waals surface area contributed by atoms with Crippen molar-refractivity contribution in [2.75, 3.05) is 6.61 Å². The fourth-order valence-electron chi connectivity index (χ4n) is 2.08. The molecule has 0 heterocycles. The van der Waals surface area contributed by atoms with Crippen molar-refractivity contribution in [1.82, 2.24) is 0 Å². The van der Waals surface area contributed by atoms with Gasteiger partial charge in [0.2, 0.25) is 10.0 Å². The third-order valence-corrected chi connectivity index (χ3v) is 4.40. The Hall–Kier alpha value is -1.07. The smallest absolute Gasteiger partial charge is 0.238 e. The first-order valence-corrected chi connectivity index (χ1v) is 8.78. The Balaban J connectivity index is 3.27. The number of rotatable bonds is 5. The topological polar surface area (TPSA) is 69.4 Å². The molecule has 0 saturated heterocycles. The molecule has 0 spiro atoms. The summed E-state index contributed by atoms with van der Waals surface area (Å²) in [5.74, 6) is 1.31. The molecule has 0 amide bonds. The van der Waals surface area contributed by atoms with E-state index in [9.17, 15) is 8.42 Å². The van der Waals surface area contributed by atoms with Crippen molar-refractivity contribution in [3.8, 4) is 5.75 Å². The van der Waals surface area contributed by atoms with Crippen LogP contribution in [0.1, 0.15) is 52.2 Å². The van der Waals surface area contributed by atoms with Gasteiger partial charge in [0.25, 0.3) is 0 Å². The van der Waals surface area contributed by atoms with E-state index in [-0.39, 0.29) is 10.3 Å². The lowest BCUT2D eigenvalue weighted by atomic mass is 9.86. The maximum absolute atomic E-state index is 11.7. The van der Waals surface area contributed by atoms with Gasteiger partial charge in [0.1, 0.15) is 5.75 Å². The van der Waals surface area contributed by atoms with E-state index in [0.29, 0.717) is 18.1 Å². The number of hydrogen-bond donors (Lipinski definition) is 1. The van der Waals surface area contributed by atoms with E-state index >= 15 is 0 Å². The molecule has 0 aliphatic carbocycles. The molecule has 0 aliphatic heterocycles. The minimum atomic E-state index is -3.72. The fraction of sp³-hybridized carbons (Fsp3) is 0.625. The zero-order chi connectivity index (χ0) is 16.4. The molecule has 5 heteroatoms. The zero-order valence-electron chi connectivity index (χ0n) is 13.9. The molecule has 0 aliphatic rings. The summed E-state index contributed by atoms with van der Waals surface area (Å²) >= 11 is 0. The molecule has 0 bridgehead atoms. The average molecular weight is 313 g/mol. The van der Waals surface area contributed by atoms with Crippen LogP contribution in [-0.2, 0) is 15.4 Å². The van der Waals surface area contributed by atoms with Gasteiger partial charge in [-0.05, 0) is 42.4 Å². The summed E-state index contributed by atoms with van der Waals surface area (Å²) in [6, 6.07) is 3.43. The molecular formula is C16H27NO3S. The molecule has 2 N–H and O–H groups in total. The Kier molecular flexibility index (Phi) is 5.45. The largest absolute Gasteiger partial charge is 0.493 e. The summed E-state index contributed by atoms with van der Waals surface area (Å²) < 4.78 is 29.3. The molecule has 1 aromatic rings. The van der Waals surface area contributed by atoms with Crippen molar-refractivity contribution in [3.63, 3.8) is 0 Å². The summed E-state index contributed by atoms with van der Waals surface area (Å²) in [4.78, 5) is 0.170. The number of ether oxygens (including phenoxy) is 1. The normalized spacial score (nSPS) is 12.8. The molecule has 120 valence electrons. The Bertz CT molecular complexity index is 599. The highest BCUT2D eigenvalue weighted by Gasteiger charge is 2.24. The molecule has 21 heavy (non-hydrogen) atoms. The van der Waals surface area contributed by atoms with E-state index in [1.165, 1.54) is 0 Å². The van der Waals surface area contributed by atoms with E-state index in [0.717, 1.165) is 17.7 Å². The van der Waals surface area contributed by atoms with Crippen LogP contribution in [0.5, 0.6) is 5.75 Å². The minimum Gasteiger partial charge on any atom is -0.493 e. The summed E-state index contributed by atoms with van der Waals surface area (Å²) in [5.41, 5.74) is 1.26. The molecule has 0 atom stereocenters. The maximum Gasteiger partial charge on any atom is 0.238 e. The van der Waals surface area contributed by atoms with Crippen LogP contribution in [0.2, 0.25) is 0 Å². The monoisotopic (exact) mass is 313 g/mol. The molecule has 0 saturated carbocycles. The predicted octanol–water partition coefficient (Wildman–Crippen LogP) is 3.36. The highest BCUT2D eigenvalue weighted by molar-refractivity contribution is 7.89. The quantitative estimate of drug-likeness (QED) is 0.906. The lowest BCUT2D eigenvalue weighted by Gasteiger charge is -2.24. The highest BCUT2D eigenvalue weighted by Crippen LogP contribution is 2.35. The van der Waals surface area contributed by atoms with Gasteiger partial charge in [-0.15, -0.1) is 0 Å². The Morgan fingerprint density at radius 2 is 1.81 bits per heavy atom. The predicted molar refractivity (Wildman–Crippen MR) is 86.2 cm³/mol. The SMILES string of the molecule is Cc1cc(OCCC(C)C)c(C(C)(C)C)cc1S(N)(=O)=O. The summed E-state index contributed by atoms with van der Waals surface area (Å²) in [6.45, 7) is 12.7. The van der Waals surface area contributed by atoms with Crippen molar-refractivity contribution >= 4 is 10.0 Å². The number of nitrogens with two attached hydrogens (primary N) is 1. The van der Waals surface area contributed by atoms with Crippen LogP contribution in [0.25, 0.3) is 0 Å². The molecule has 0 aromatic heterocycles. The van der Waals surface area contributed by atoms with E-state index in [4.69, 9.17) is 9.88 Å². The van der Waals surface area contributed by atoms with Crippen LogP contribution in [0.3, 0.4) is 0 Å². The first kappa shape index (κ1) is 18.0. The molecule has 0 fully saturated rings. The molecular weight excluding hydrogens is 286 g/mol. The third-order valence-electron chi connectivity index (χ3n) is 3.34. The molecule has 1 rings (SSSR count). The van der Waals surface area contributed by atoms with Gasteiger partial charge in [0, 0.05) is 5.56 Å². The van der Waals surface area contributed by atoms with Crippen molar-refractivity contribution < 1.29 is 13.2 Å². The van der Waals surface area contributed by atoms with E-state index in [1.54, 1.807) is 19.1 Å². The first-order chi connectivity index (χ1) is 9.43. The fourth-order valence-corrected chi connectivity index (χ4v) is 2.87. The van der Waals surface area contributed by atoms with E-state index in [1.807, 2.05) is 20.8 Å². The first-order valence-electron chi connectivity index (χ1n) is 7.23. The molecule has 4 nitrogen and oxygen atoms in total. The number of primary sulfonamides is 1. The number of aryl methyl sites for hydroxylation is 1. The lowest BCUT2D eigenvalue weighted by molar-refractivity contribution is 0.282. The Labute approximate surface area is 128 Å². The van der Waals surface area contributed by atoms with Crippen LogP contribution >= 0.6 is 0 Å². The van der Waals surface area contributed by atoms with Crippen LogP contribution in [0.4, 0.5) is 0 Å². The van der Waals surface area contributed by atoms with Gasteiger partial charge < -0.3 is 4.74 Å². The summed E-state index contributed by atoms with van der Waals surface area (Å²) in [7, 11) is -3.72. The second-order valence-corrected chi connectivity index (χ2v) is 8.47. The second-order valence-electron chi connectivity index (χ2n) is 6.94. The lowest BCUT2D eigenvalue weighted by Crippen LogP contribution is -2.19. The van der Waals surface area contributed by atoms with Gasteiger partial charge in [-0.3, -0.25) is 0 Å². The van der Waals surface area contributed by atoms with Gasteiger partial charge in [0.15, 0.2) is 0 Å². The van der Waals surface area contributed by atoms with Crippen LogP contribution in [-0.4, -0.2) is 15.0 Å². The molecule has 0 radical (unpaired) electrons. The van der Waals surface area contributed by atoms with Gasteiger partial charge in [0.05, 0.1) is 11.5 Å². The van der Waals surface area contributed by atoms with Crippen molar-refractivity contribution in [2.24, 2.45) is 11.1 Å². The standard InChI is InChI=1S/C16H27NO3S/c1-11(2)7-8-20-14-9-12(3)15(21(17,18)19)10-13(14)16(4,5)6/h9-11H,7-8H2,1-6H3,(H2,17,18,19). The van der Waals surface area contributed by atoms with Crippen molar-refractivity contribution in [3.05, 3.63) is 23.3 Å². The summed E-state index contributed by atoms with van der Waals surface area (Å²) in [6.07, 6.45) is 0.958. The van der Waals surface area contributed by atoms with Crippen molar-refractivity contribution in [2.45, 2.75) is 58.3 Å². The third kappa shape index (κ3) is 5.00. The molecule has 1 aromatic carbocycles. The number of hydrogen-bond acceptors (Lipinski definition) is 3. The number of benzene rings is 1. The van der Waals surface area contributed by atoms with Gasteiger partial charge in [-0.25, -0.2) is 13.6 Å². The van der Waals surface area contributed by atoms with E-state index in [2.05, 4.69) is 13.8 Å². The zero-order valence-corrected chi connectivity index (χ0v) is 14.7. The Morgan fingerprint density at radius 3 is 2.24 bits per heavy atom. The van der Waals surface area contributed by atoms with Crippen molar-refractivity contribution in [1.29, 1.82) is 0 Å². The number of sulfonamides is 1. The van der Waals surface area contributed by atoms with Gasteiger partial charge in [-0.1, -0.05) is 34.6 Å². The second kappa shape index (κ2) is 6.36. The van der Waals surface area contributed by atoms with Crippen LogP contribution in [0, 0.1) is 12.8 Å². The summed E-state index contributed by atoms with van der Waals surface area (Å²) in [5, 5.41) is 5.29. The van der Waals surface area contributed by atoms with Crippen LogP contribution < -0.4 is 9.88 Å². The Morgan fingerprint density at radius 1 is 1.24 bits per heavy atom. The van der Waals surface area contributed by atoms with Gasteiger partial charge in [-0.2, -0.15) is 0 Å². The van der Waals surface area contributed by atoms with Gasteiger partial charge >= 0.3 is 0 Å².